The fraction of sp³-hybridized carbons (Fsp3) is 0.474. The molecule has 1 amide bonds. The van der Waals surface area contributed by atoms with E-state index in [1.807, 2.05) is 36.5 Å². The lowest BCUT2D eigenvalue weighted by atomic mass is 9.74. The van der Waals surface area contributed by atoms with E-state index in [9.17, 15) is 4.79 Å². The van der Waals surface area contributed by atoms with Crippen molar-refractivity contribution in [2.24, 2.45) is 0 Å². The summed E-state index contributed by atoms with van der Waals surface area (Å²) in [5.41, 5.74) is 1.18. The van der Waals surface area contributed by atoms with E-state index in [2.05, 4.69) is 22.0 Å². The van der Waals surface area contributed by atoms with Crippen molar-refractivity contribution < 1.29 is 9.21 Å². The summed E-state index contributed by atoms with van der Waals surface area (Å²) in [5, 5.41) is 0. The van der Waals surface area contributed by atoms with Crippen molar-refractivity contribution >= 4 is 5.91 Å². The minimum atomic E-state index is -0.0574. The Bertz CT molecular complexity index is 691. The fourth-order valence-corrected chi connectivity index (χ4v) is 4.41. The molecule has 0 aromatic carbocycles. The minimum Gasteiger partial charge on any atom is -0.468 e. The number of likely N-dealkylation sites (N-methyl/N-ethyl adjacent to an activating group) is 1. The minimum absolute atomic E-state index is 0.0574. The molecule has 0 N–H and O–H groups in total. The lowest BCUT2D eigenvalue weighted by Gasteiger charge is -2.46. The molecule has 2 saturated heterocycles. The van der Waals surface area contributed by atoms with Crippen LogP contribution in [0.2, 0.25) is 0 Å². The molecule has 5 nitrogen and oxygen atoms in total. The summed E-state index contributed by atoms with van der Waals surface area (Å²) in [6.45, 7) is 2.82. The number of piperidine rings is 1. The van der Waals surface area contributed by atoms with Crippen LogP contribution >= 0.6 is 0 Å². The molecule has 1 unspecified atom stereocenters. The van der Waals surface area contributed by atoms with Crippen LogP contribution in [0, 0.1) is 0 Å². The fourth-order valence-electron chi connectivity index (χ4n) is 4.41. The van der Waals surface area contributed by atoms with Gasteiger partial charge in [-0.25, -0.2) is 0 Å². The first-order valence-corrected chi connectivity index (χ1v) is 8.60. The van der Waals surface area contributed by atoms with Gasteiger partial charge in [0.1, 0.15) is 5.76 Å². The van der Waals surface area contributed by atoms with Crippen molar-refractivity contribution in [3.05, 3.63) is 54.2 Å². The molecule has 5 heteroatoms. The average Bonchev–Trinajstić information content (AvgIpc) is 3.21. The molecular formula is C19H23N3O2. The molecule has 2 aliphatic rings. The Hall–Kier alpha value is -2.14. The number of rotatable bonds is 3. The Morgan fingerprint density at radius 1 is 1.25 bits per heavy atom. The summed E-state index contributed by atoms with van der Waals surface area (Å²) in [4.78, 5) is 21.0. The molecular weight excluding hydrogens is 302 g/mol. The number of nitrogens with zero attached hydrogens (tertiary/aromatic N) is 3. The van der Waals surface area contributed by atoms with Crippen molar-refractivity contribution in [1.82, 2.24) is 14.8 Å². The lowest BCUT2D eigenvalue weighted by Crippen LogP contribution is -2.53. The van der Waals surface area contributed by atoms with Crippen molar-refractivity contribution in [3.63, 3.8) is 0 Å². The van der Waals surface area contributed by atoms with Crippen LogP contribution < -0.4 is 0 Å². The molecule has 4 heterocycles. The Morgan fingerprint density at radius 3 is 2.67 bits per heavy atom. The molecule has 126 valence electrons. The lowest BCUT2D eigenvalue weighted by molar-refractivity contribution is -0.130. The predicted molar refractivity (Wildman–Crippen MR) is 90.3 cm³/mol. The second kappa shape index (κ2) is 6.06. The number of carbonyl (C=O) groups excluding carboxylic acids is 1. The predicted octanol–water partition coefficient (Wildman–Crippen LogP) is 2.66. The number of amides is 1. The van der Waals surface area contributed by atoms with Crippen molar-refractivity contribution in [2.75, 3.05) is 20.1 Å². The number of aromatic nitrogens is 1. The maximum absolute atomic E-state index is 12.5. The van der Waals surface area contributed by atoms with E-state index in [1.54, 1.807) is 6.26 Å². The molecule has 0 radical (unpaired) electrons. The van der Waals surface area contributed by atoms with E-state index in [1.165, 1.54) is 5.56 Å². The van der Waals surface area contributed by atoms with Gasteiger partial charge in [0.25, 0.3) is 0 Å². The highest BCUT2D eigenvalue weighted by Crippen LogP contribution is 2.48. The van der Waals surface area contributed by atoms with Gasteiger partial charge in [-0.15, -0.1) is 0 Å². The summed E-state index contributed by atoms with van der Waals surface area (Å²) in [5.74, 6) is 1.53. The third-order valence-corrected chi connectivity index (χ3v) is 5.86. The molecule has 1 atom stereocenters. The van der Waals surface area contributed by atoms with E-state index in [0.29, 0.717) is 6.42 Å². The average molecular weight is 325 g/mol. The smallest absolute Gasteiger partial charge is 0.223 e. The summed E-state index contributed by atoms with van der Waals surface area (Å²) in [6.07, 6.45) is 8.00. The summed E-state index contributed by atoms with van der Waals surface area (Å²) >= 11 is 0. The third-order valence-electron chi connectivity index (χ3n) is 5.86. The standard InChI is InChI=1S/C19H23N3O2/c1-21-18(23)13-17(15-4-8-20-9-5-15)19(21)6-10-22(11-7-19)14-16-3-2-12-24-16/h2-5,8-9,12,17H,6-7,10-11,13-14H2,1H3. The first kappa shape index (κ1) is 15.4. The van der Waals surface area contributed by atoms with Crippen LogP contribution in [0.15, 0.2) is 47.3 Å². The van der Waals surface area contributed by atoms with E-state index >= 15 is 0 Å². The van der Waals surface area contributed by atoms with Crippen molar-refractivity contribution in [2.45, 2.75) is 37.3 Å². The number of pyridine rings is 1. The van der Waals surface area contributed by atoms with Crippen molar-refractivity contribution in [1.29, 1.82) is 0 Å². The second-order valence-corrected chi connectivity index (χ2v) is 6.95. The van der Waals surface area contributed by atoms with E-state index in [4.69, 9.17) is 4.42 Å². The summed E-state index contributed by atoms with van der Waals surface area (Å²) in [6, 6.07) is 8.08. The van der Waals surface area contributed by atoms with Gasteiger partial charge in [-0.2, -0.15) is 0 Å². The van der Waals surface area contributed by atoms with E-state index < -0.39 is 0 Å². The quantitative estimate of drug-likeness (QED) is 0.870. The van der Waals surface area contributed by atoms with Crippen molar-refractivity contribution in [3.8, 4) is 0 Å². The van der Waals surface area contributed by atoms with Gasteiger partial charge in [-0.3, -0.25) is 14.7 Å². The Morgan fingerprint density at radius 2 is 2.00 bits per heavy atom. The molecule has 2 aliphatic heterocycles. The molecule has 0 aliphatic carbocycles. The molecule has 2 aromatic rings. The SMILES string of the molecule is CN1C(=O)CC(c2ccncc2)C12CCN(Cc1ccco1)CC2. The van der Waals surface area contributed by atoms with Crippen LogP contribution in [-0.2, 0) is 11.3 Å². The number of furan rings is 1. The highest BCUT2D eigenvalue weighted by atomic mass is 16.3. The Balaban J connectivity index is 1.53. The monoisotopic (exact) mass is 325 g/mol. The second-order valence-electron chi connectivity index (χ2n) is 6.95. The number of carbonyl (C=O) groups is 1. The molecule has 0 saturated carbocycles. The first-order chi connectivity index (χ1) is 11.7. The van der Waals surface area contributed by atoms with Gasteiger partial charge in [0, 0.05) is 44.9 Å². The van der Waals surface area contributed by atoms with Gasteiger partial charge in [0.2, 0.25) is 5.91 Å². The van der Waals surface area contributed by atoms with Gasteiger partial charge < -0.3 is 9.32 Å². The van der Waals surface area contributed by atoms with Gasteiger partial charge in [0.15, 0.2) is 0 Å². The van der Waals surface area contributed by atoms with Crippen LogP contribution in [0.25, 0.3) is 0 Å². The maximum atomic E-state index is 12.5. The third kappa shape index (κ3) is 2.53. The van der Waals surface area contributed by atoms with Crippen LogP contribution in [0.1, 0.15) is 36.5 Å². The van der Waals surface area contributed by atoms with Gasteiger partial charge in [-0.05, 0) is 42.7 Å². The molecule has 0 bridgehead atoms. The zero-order valence-electron chi connectivity index (χ0n) is 14.0. The van der Waals surface area contributed by atoms with Crippen LogP contribution in [-0.4, -0.2) is 46.4 Å². The van der Waals surface area contributed by atoms with E-state index in [0.717, 1.165) is 38.2 Å². The first-order valence-electron chi connectivity index (χ1n) is 8.60. The highest BCUT2D eigenvalue weighted by molar-refractivity contribution is 5.81. The number of likely N-dealkylation sites (tertiary alicyclic amines) is 2. The van der Waals surface area contributed by atoms with Crippen LogP contribution in [0.4, 0.5) is 0 Å². The maximum Gasteiger partial charge on any atom is 0.223 e. The number of hydrogen-bond acceptors (Lipinski definition) is 4. The Labute approximate surface area is 142 Å². The summed E-state index contributed by atoms with van der Waals surface area (Å²) < 4.78 is 5.47. The highest BCUT2D eigenvalue weighted by Gasteiger charge is 2.52. The molecule has 2 fully saturated rings. The molecule has 2 aromatic heterocycles. The topological polar surface area (TPSA) is 49.6 Å². The molecule has 24 heavy (non-hydrogen) atoms. The largest absolute Gasteiger partial charge is 0.468 e. The zero-order chi connectivity index (χ0) is 16.6. The van der Waals surface area contributed by atoms with Gasteiger partial charge >= 0.3 is 0 Å². The van der Waals surface area contributed by atoms with Gasteiger partial charge in [-0.1, -0.05) is 0 Å². The van der Waals surface area contributed by atoms with Crippen LogP contribution in [0.5, 0.6) is 0 Å². The summed E-state index contributed by atoms with van der Waals surface area (Å²) in [7, 11) is 1.98. The molecule has 4 rings (SSSR count). The van der Waals surface area contributed by atoms with Gasteiger partial charge in [0.05, 0.1) is 18.3 Å². The van der Waals surface area contributed by atoms with Crippen LogP contribution in [0.3, 0.4) is 0 Å². The molecule has 1 spiro atoms. The normalized spacial score (nSPS) is 24.0. The van der Waals surface area contributed by atoms with E-state index in [-0.39, 0.29) is 17.4 Å². The Kier molecular flexibility index (Phi) is 3.88. The number of hydrogen-bond donors (Lipinski definition) is 0. The zero-order valence-corrected chi connectivity index (χ0v) is 14.0.